The molecule has 27 heavy (non-hydrogen) atoms. The second-order valence-corrected chi connectivity index (χ2v) is 7.69. The first-order chi connectivity index (χ1) is 12.8. The van der Waals surface area contributed by atoms with Gasteiger partial charge in [0.2, 0.25) is 0 Å². The molecule has 1 atom stereocenters. The van der Waals surface area contributed by atoms with Crippen molar-refractivity contribution in [2.75, 3.05) is 7.11 Å². The molecule has 5 nitrogen and oxygen atoms in total. The summed E-state index contributed by atoms with van der Waals surface area (Å²) in [5.41, 5.74) is 2.84. The molecule has 0 unspecified atom stereocenters. The first-order valence-electron chi connectivity index (χ1n) is 9.11. The number of hydrogen-bond donors (Lipinski definition) is 1. The highest BCUT2D eigenvalue weighted by molar-refractivity contribution is 5.69. The van der Waals surface area contributed by atoms with E-state index < -0.39 is 11.9 Å². The van der Waals surface area contributed by atoms with Crippen molar-refractivity contribution in [2.45, 2.75) is 45.8 Å². The van der Waals surface area contributed by atoms with Crippen LogP contribution in [0.3, 0.4) is 0 Å². The number of fused-ring (bicyclic) bond motifs is 1. The van der Waals surface area contributed by atoms with Crippen LogP contribution in [-0.2, 0) is 24.2 Å². The van der Waals surface area contributed by atoms with Gasteiger partial charge in [-0.05, 0) is 50.1 Å². The maximum absolute atomic E-state index is 11.0. The normalized spacial score (nSPS) is 15.6. The van der Waals surface area contributed by atoms with Crippen LogP contribution < -0.4 is 14.2 Å². The van der Waals surface area contributed by atoms with E-state index in [4.69, 9.17) is 19.3 Å². The Labute approximate surface area is 159 Å². The molecule has 0 amide bonds. The minimum atomic E-state index is -0.787. The summed E-state index contributed by atoms with van der Waals surface area (Å²) in [5, 5.41) is 9.02. The zero-order valence-corrected chi connectivity index (χ0v) is 16.2. The van der Waals surface area contributed by atoms with Crippen molar-refractivity contribution in [1.29, 1.82) is 0 Å². The van der Waals surface area contributed by atoms with Gasteiger partial charge in [-0.3, -0.25) is 4.79 Å². The van der Waals surface area contributed by atoms with E-state index in [1.54, 1.807) is 14.0 Å². The van der Waals surface area contributed by atoms with Gasteiger partial charge >= 0.3 is 5.97 Å². The zero-order valence-electron chi connectivity index (χ0n) is 16.2. The van der Waals surface area contributed by atoms with E-state index in [-0.39, 0.29) is 5.60 Å². The van der Waals surface area contributed by atoms with Crippen LogP contribution in [0, 0.1) is 5.92 Å². The molecule has 0 saturated carbocycles. The van der Waals surface area contributed by atoms with E-state index in [2.05, 4.69) is 13.8 Å². The number of ether oxygens (including phenoxy) is 3. The maximum Gasteiger partial charge on any atom is 0.306 e. The number of carboxylic acid groups (broad SMARTS) is 1. The number of hydrogen-bond acceptors (Lipinski definition) is 4. The fraction of sp³-hybridized carbons (Fsp3) is 0.409. The van der Waals surface area contributed by atoms with Crippen molar-refractivity contribution < 1.29 is 24.1 Å². The second kappa shape index (κ2) is 7.51. The second-order valence-electron chi connectivity index (χ2n) is 7.69. The lowest BCUT2D eigenvalue weighted by Crippen LogP contribution is -2.25. The monoisotopic (exact) mass is 370 g/mol. The van der Waals surface area contributed by atoms with E-state index in [0.717, 1.165) is 40.4 Å². The van der Waals surface area contributed by atoms with Crippen molar-refractivity contribution in [2.24, 2.45) is 5.92 Å². The summed E-state index contributed by atoms with van der Waals surface area (Å²) in [6, 6.07) is 11.5. The Bertz CT molecular complexity index is 823. The van der Waals surface area contributed by atoms with Crippen LogP contribution in [0.4, 0.5) is 0 Å². The molecular weight excluding hydrogens is 344 g/mol. The summed E-state index contributed by atoms with van der Waals surface area (Å²) in [7, 11) is 1.66. The Morgan fingerprint density at radius 1 is 1.22 bits per heavy atom. The molecule has 0 aromatic heterocycles. The predicted octanol–water partition coefficient (Wildman–Crippen LogP) is 4.25. The average Bonchev–Trinajstić information content (AvgIpc) is 2.94. The fourth-order valence-electron chi connectivity index (χ4n) is 3.30. The first-order valence-corrected chi connectivity index (χ1v) is 9.11. The van der Waals surface area contributed by atoms with Crippen molar-refractivity contribution in [3.8, 4) is 17.2 Å². The largest absolute Gasteiger partial charge is 0.497 e. The average molecular weight is 370 g/mol. The third kappa shape index (κ3) is 4.54. The molecule has 0 aliphatic carbocycles. The molecule has 0 radical (unpaired) electrons. The van der Waals surface area contributed by atoms with E-state index in [1.807, 2.05) is 36.4 Å². The molecule has 0 fully saturated rings. The van der Waals surface area contributed by atoms with Gasteiger partial charge in [0, 0.05) is 17.5 Å². The quantitative estimate of drug-likeness (QED) is 0.789. The Morgan fingerprint density at radius 2 is 1.93 bits per heavy atom. The summed E-state index contributed by atoms with van der Waals surface area (Å²) in [5.74, 6) is 1.22. The van der Waals surface area contributed by atoms with Crippen molar-refractivity contribution in [1.82, 2.24) is 0 Å². The highest BCUT2D eigenvalue weighted by Gasteiger charge is 2.32. The Balaban J connectivity index is 1.70. The van der Waals surface area contributed by atoms with Gasteiger partial charge in [-0.25, -0.2) is 0 Å². The molecule has 1 aliphatic rings. The van der Waals surface area contributed by atoms with Gasteiger partial charge < -0.3 is 19.3 Å². The number of carbonyl (C=O) groups is 1. The minimum Gasteiger partial charge on any atom is -0.497 e. The van der Waals surface area contributed by atoms with Crippen molar-refractivity contribution in [3.63, 3.8) is 0 Å². The molecule has 144 valence electrons. The van der Waals surface area contributed by atoms with Gasteiger partial charge in [0.05, 0.1) is 13.0 Å². The van der Waals surface area contributed by atoms with Gasteiger partial charge in [-0.15, -0.1) is 0 Å². The molecular formula is C22H26O5. The molecule has 1 N–H and O–H groups in total. The third-order valence-electron chi connectivity index (χ3n) is 4.73. The minimum absolute atomic E-state index is 0.230. The fourth-order valence-corrected chi connectivity index (χ4v) is 3.30. The lowest BCUT2D eigenvalue weighted by Gasteiger charge is -2.18. The van der Waals surface area contributed by atoms with Gasteiger partial charge in [0.25, 0.3) is 0 Å². The molecule has 0 spiro atoms. The lowest BCUT2D eigenvalue weighted by molar-refractivity contribution is -0.141. The van der Waals surface area contributed by atoms with Gasteiger partial charge in [-0.1, -0.05) is 19.1 Å². The SMILES string of the molecule is COc1cc(COc2ccc(C[C@@H](C)C(=O)O)cc2)c2c(c1)CC(C)(C)O2. The Hall–Kier alpha value is -2.69. The number of rotatable bonds is 7. The molecule has 1 heterocycles. The summed E-state index contributed by atoms with van der Waals surface area (Å²) < 4.78 is 17.5. The van der Waals surface area contributed by atoms with Gasteiger partial charge in [0.1, 0.15) is 29.5 Å². The third-order valence-corrected chi connectivity index (χ3v) is 4.73. The van der Waals surface area contributed by atoms with Crippen LogP contribution in [0.1, 0.15) is 37.5 Å². The molecule has 0 bridgehead atoms. The van der Waals surface area contributed by atoms with Crippen molar-refractivity contribution in [3.05, 3.63) is 53.1 Å². The van der Waals surface area contributed by atoms with Gasteiger partial charge in [-0.2, -0.15) is 0 Å². The summed E-state index contributed by atoms with van der Waals surface area (Å²) >= 11 is 0. The highest BCUT2D eigenvalue weighted by Crippen LogP contribution is 2.40. The van der Waals surface area contributed by atoms with E-state index in [0.29, 0.717) is 13.0 Å². The number of aliphatic carboxylic acids is 1. The Morgan fingerprint density at radius 3 is 2.56 bits per heavy atom. The van der Waals surface area contributed by atoms with E-state index in [1.165, 1.54) is 0 Å². The van der Waals surface area contributed by atoms with E-state index >= 15 is 0 Å². The van der Waals surface area contributed by atoms with Crippen LogP contribution in [0.25, 0.3) is 0 Å². The molecule has 3 rings (SSSR count). The summed E-state index contributed by atoms with van der Waals surface area (Å²) in [4.78, 5) is 11.0. The number of benzene rings is 2. The molecule has 0 saturated heterocycles. The smallest absolute Gasteiger partial charge is 0.306 e. The van der Waals surface area contributed by atoms with E-state index in [9.17, 15) is 4.79 Å². The molecule has 2 aromatic carbocycles. The maximum atomic E-state index is 11.0. The first kappa shape index (κ1) is 19.1. The number of carboxylic acids is 1. The highest BCUT2D eigenvalue weighted by atomic mass is 16.5. The topological polar surface area (TPSA) is 65.0 Å². The van der Waals surface area contributed by atoms with Crippen LogP contribution in [0.15, 0.2) is 36.4 Å². The predicted molar refractivity (Wildman–Crippen MR) is 103 cm³/mol. The lowest BCUT2D eigenvalue weighted by atomic mass is 10.00. The molecule has 1 aliphatic heterocycles. The summed E-state index contributed by atoms with van der Waals surface area (Å²) in [6.45, 7) is 6.22. The zero-order chi connectivity index (χ0) is 19.6. The van der Waals surface area contributed by atoms with Gasteiger partial charge in [0.15, 0.2) is 0 Å². The van der Waals surface area contributed by atoms with Crippen LogP contribution >= 0.6 is 0 Å². The van der Waals surface area contributed by atoms with Crippen molar-refractivity contribution >= 4 is 5.97 Å². The van der Waals surface area contributed by atoms with Crippen LogP contribution in [0.5, 0.6) is 17.2 Å². The van der Waals surface area contributed by atoms with Crippen LogP contribution in [-0.4, -0.2) is 23.8 Å². The summed E-state index contributed by atoms with van der Waals surface area (Å²) in [6.07, 6.45) is 1.34. The Kier molecular flexibility index (Phi) is 5.31. The van der Waals surface area contributed by atoms with Crippen LogP contribution in [0.2, 0.25) is 0 Å². The number of methoxy groups -OCH3 is 1. The standard InChI is InChI=1S/C22H26O5/c1-14(21(23)24)9-15-5-7-18(8-6-15)26-13-17-11-19(25-4)10-16-12-22(2,3)27-20(16)17/h5-8,10-11,14H,9,12-13H2,1-4H3,(H,23,24)/t14-/m1/s1. The molecule has 2 aromatic rings. The molecule has 5 heteroatoms.